The van der Waals surface area contributed by atoms with Crippen LogP contribution in [0.3, 0.4) is 0 Å². The number of aromatic amines is 1. The van der Waals surface area contributed by atoms with Crippen LogP contribution in [0.15, 0.2) is 24.4 Å². The summed E-state index contributed by atoms with van der Waals surface area (Å²) < 4.78 is 7.04. The van der Waals surface area contributed by atoms with Gasteiger partial charge in [-0.25, -0.2) is 0 Å². The molecule has 0 saturated heterocycles. The van der Waals surface area contributed by atoms with Gasteiger partial charge in [0.1, 0.15) is 0 Å². The molecule has 26 heavy (non-hydrogen) atoms. The molecule has 0 spiro atoms. The fourth-order valence-electron chi connectivity index (χ4n) is 3.53. The van der Waals surface area contributed by atoms with Crippen LogP contribution in [-0.2, 0) is 23.0 Å². The fraction of sp³-hybridized carbons (Fsp3) is 0.400. The van der Waals surface area contributed by atoms with Crippen molar-refractivity contribution in [2.45, 2.75) is 33.2 Å². The monoisotopic (exact) mass is 354 g/mol. The molecule has 1 aromatic carbocycles. The Labute approximate surface area is 153 Å². The van der Waals surface area contributed by atoms with E-state index in [0.717, 1.165) is 27.9 Å². The molecule has 0 saturated carbocycles. The van der Waals surface area contributed by atoms with Crippen molar-refractivity contribution >= 4 is 16.8 Å². The third kappa shape index (κ3) is 3.37. The van der Waals surface area contributed by atoms with Gasteiger partial charge in [0, 0.05) is 37.0 Å². The molecule has 0 aliphatic rings. The number of aromatic nitrogens is 3. The molecule has 1 atom stereocenters. The van der Waals surface area contributed by atoms with Crippen LogP contribution in [0, 0.1) is 20.8 Å². The Bertz CT molecular complexity index is 939. The summed E-state index contributed by atoms with van der Waals surface area (Å²) in [5.74, 6) is -0.0295. The molecule has 2 heterocycles. The van der Waals surface area contributed by atoms with Crippen molar-refractivity contribution in [3.63, 3.8) is 0 Å². The van der Waals surface area contributed by atoms with Gasteiger partial charge in [-0.05, 0) is 43.5 Å². The van der Waals surface area contributed by atoms with E-state index in [4.69, 9.17) is 4.74 Å². The van der Waals surface area contributed by atoms with Crippen LogP contribution in [0.4, 0.5) is 0 Å². The Morgan fingerprint density at radius 2 is 2.00 bits per heavy atom. The van der Waals surface area contributed by atoms with Gasteiger partial charge in [-0.3, -0.25) is 9.48 Å². The number of hydrogen-bond donors (Lipinski definition) is 2. The van der Waals surface area contributed by atoms with Gasteiger partial charge in [0.05, 0.1) is 24.8 Å². The van der Waals surface area contributed by atoms with Crippen LogP contribution in [0.2, 0.25) is 0 Å². The van der Waals surface area contributed by atoms with E-state index in [9.17, 15) is 4.79 Å². The Morgan fingerprint density at radius 1 is 1.27 bits per heavy atom. The SMILES string of the molecule is COC[C@@H](NC(=O)Cc1c(C)[nH]c2c(C)ccc(C)c12)c1ccnn1C. The first-order valence-electron chi connectivity index (χ1n) is 8.76. The number of aryl methyl sites for hydroxylation is 4. The highest BCUT2D eigenvalue weighted by Crippen LogP contribution is 2.28. The van der Waals surface area contributed by atoms with Gasteiger partial charge in [-0.2, -0.15) is 5.10 Å². The van der Waals surface area contributed by atoms with Crippen molar-refractivity contribution < 1.29 is 9.53 Å². The first-order chi connectivity index (χ1) is 12.4. The lowest BCUT2D eigenvalue weighted by molar-refractivity contribution is -0.121. The Balaban J connectivity index is 1.86. The van der Waals surface area contributed by atoms with Crippen molar-refractivity contribution in [3.05, 3.63) is 52.5 Å². The van der Waals surface area contributed by atoms with Crippen molar-refractivity contribution in [2.75, 3.05) is 13.7 Å². The summed E-state index contributed by atoms with van der Waals surface area (Å²) in [7, 11) is 3.49. The average Bonchev–Trinajstić information content (AvgIpc) is 3.15. The maximum Gasteiger partial charge on any atom is 0.225 e. The number of methoxy groups -OCH3 is 1. The van der Waals surface area contributed by atoms with Gasteiger partial charge in [-0.15, -0.1) is 0 Å². The average molecular weight is 354 g/mol. The maximum absolute atomic E-state index is 12.8. The smallest absolute Gasteiger partial charge is 0.225 e. The Morgan fingerprint density at radius 3 is 2.65 bits per heavy atom. The number of hydrogen-bond acceptors (Lipinski definition) is 3. The van der Waals surface area contributed by atoms with Crippen molar-refractivity contribution in [1.29, 1.82) is 0 Å². The molecule has 0 radical (unpaired) electrons. The summed E-state index contributed by atoms with van der Waals surface area (Å²) in [6.07, 6.45) is 2.05. The zero-order valence-corrected chi connectivity index (χ0v) is 16.0. The third-order valence-corrected chi connectivity index (χ3v) is 4.91. The molecule has 0 bridgehead atoms. The predicted molar refractivity (Wildman–Crippen MR) is 102 cm³/mol. The lowest BCUT2D eigenvalue weighted by Gasteiger charge is -2.18. The van der Waals surface area contributed by atoms with Gasteiger partial charge in [0.2, 0.25) is 5.91 Å². The minimum atomic E-state index is -0.228. The summed E-state index contributed by atoms with van der Waals surface area (Å²) in [6, 6.07) is 5.88. The highest BCUT2D eigenvalue weighted by Gasteiger charge is 2.20. The highest BCUT2D eigenvalue weighted by atomic mass is 16.5. The predicted octanol–water partition coefficient (Wildman–Crippen LogP) is 2.87. The molecule has 6 heteroatoms. The molecular weight excluding hydrogens is 328 g/mol. The number of amides is 1. The summed E-state index contributed by atoms with van der Waals surface area (Å²) >= 11 is 0. The number of carbonyl (C=O) groups is 1. The normalized spacial score (nSPS) is 12.5. The number of H-pyrrole nitrogens is 1. The fourth-order valence-corrected chi connectivity index (χ4v) is 3.53. The summed E-state index contributed by atoms with van der Waals surface area (Å²) in [5.41, 5.74) is 6.50. The van der Waals surface area contributed by atoms with Crippen LogP contribution in [0.1, 0.15) is 34.1 Å². The number of nitrogens with one attached hydrogen (secondary N) is 2. The molecule has 0 fully saturated rings. The van der Waals surface area contributed by atoms with Crippen LogP contribution in [0.25, 0.3) is 10.9 Å². The minimum Gasteiger partial charge on any atom is -0.382 e. The topological polar surface area (TPSA) is 71.9 Å². The zero-order valence-electron chi connectivity index (χ0n) is 16.0. The number of rotatable bonds is 6. The van der Waals surface area contributed by atoms with E-state index in [1.165, 1.54) is 11.1 Å². The number of carbonyl (C=O) groups excluding carboxylic acids is 1. The molecule has 2 aromatic heterocycles. The van der Waals surface area contributed by atoms with E-state index < -0.39 is 0 Å². The molecule has 0 aliphatic heterocycles. The lowest BCUT2D eigenvalue weighted by atomic mass is 10.0. The first-order valence-corrected chi connectivity index (χ1v) is 8.76. The van der Waals surface area contributed by atoms with Gasteiger partial charge in [0.25, 0.3) is 0 Å². The van der Waals surface area contributed by atoms with E-state index >= 15 is 0 Å². The van der Waals surface area contributed by atoms with E-state index in [1.807, 2.05) is 20.0 Å². The van der Waals surface area contributed by atoms with E-state index in [1.54, 1.807) is 18.0 Å². The zero-order chi connectivity index (χ0) is 18.8. The van der Waals surface area contributed by atoms with Gasteiger partial charge >= 0.3 is 0 Å². The van der Waals surface area contributed by atoms with Crippen LogP contribution < -0.4 is 5.32 Å². The molecule has 2 N–H and O–H groups in total. The second-order valence-corrected chi connectivity index (χ2v) is 6.81. The van der Waals surface area contributed by atoms with Crippen LogP contribution in [-0.4, -0.2) is 34.4 Å². The second-order valence-electron chi connectivity index (χ2n) is 6.81. The number of ether oxygens (including phenoxy) is 1. The van der Waals surface area contributed by atoms with E-state index in [2.05, 4.69) is 41.4 Å². The summed E-state index contributed by atoms with van der Waals surface area (Å²) in [5, 5.41) is 8.42. The van der Waals surface area contributed by atoms with Crippen molar-refractivity contribution in [2.24, 2.45) is 7.05 Å². The molecule has 3 aromatic rings. The Hall–Kier alpha value is -2.60. The molecule has 1 amide bonds. The second kappa shape index (κ2) is 7.33. The number of nitrogens with zero attached hydrogens (tertiary/aromatic N) is 2. The molecule has 138 valence electrons. The van der Waals surface area contributed by atoms with Gasteiger partial charge < -0.3 is 15.0 Å². The molecule has 0 aliphatic carbocycles. The van der Waals surface area contributed by atoms with Crippen molar-refractivity contribution in [3.8, 4) is 0 Å². The van der Waals surface area contributed by atoms with Crippen molar-refractivity contribution in [1.82, 2.24) is 20.1 Å². The van der Waals surface area contributed by atoms with Gasteiger partial charge in [0.15, 0.2) is 0 Å². The van der Waals surface area contributed by atoms with Crippen LogP contribution >= 0.6 is 0 Å². The third-order valence-electron chi connectivity index (χ3n) is 4.91. The van der Waals surface area contributed by atoms with E-state index in [0.29, 0.717) is 13.0 Å². The standard InChI is InChI=1S/C20H26N4O2/c1-12-6-7-13(2)20-19(12)15(14(3)22-20)10-18(25)23-16(11-26-5)17-8-9-21-24(17)4/h6-9,16,22H,10-11H2,1-5H3,(H,23,25)/t16-/m1/s1. The van der Waals surface area contributed by atoms with E-state index in [-0.39, 0.29) is 11.9 Å². The molecule has 6 nitrogen and oxygen atoms in total. The largest absolute Gasteiger partial charge is 0.382 e. The highest BCUT2D eigenvalue weighted by molar-refractivity contribution is 5.93. The molecule has 0 unspecified atom stereocenters. The molecule has 3 rings (SSSR count). The Kier molecular flexibility index (Phi) is 5.13. The minimum absolute atomic E-state index is 0.0295. The summed E-state index contributed by atoms with van der Waals surface area (Å²) in [4.78, 5) is 16.2. The van der Waals surface area contributed by atoms with Gasteiger partial charge in [-0.1, -0.05) is 12.1 Å². The quantitative estimate of drug-likeness (QED) is 0.715. The number of fused-ring (bicyclic) bond motifs is 1. The molecular formula is C20H26N4O2. The first kappa shape index (κ1) is 18.2. The number of benzene rings is 1. The maximum atomic E-state index is 12.8. The summed E-state index contributed by atoms with van der Waals surface area (Å²) in [6.45, 7) is 6.59. The van der Waals surface area contributed by atoms with Crippen LogP contribution in [0.5, 0.6) is 0 Å². The lowest BCUT2D eigenvalue weighted by Crippen LogP contribution is -2.33.